The molecule has 5 saturated carbocycles. The molecule has 6 aromatic carbocycles. The van der Waals surface area contributed by atoms with Crippen molar-refractivity contribution in [1.82, 2.24) is 54.2 Å². The van der Waals surface area contributed by atoms with E-state index in [-0.39, 0.29) is 68.4 Å². The molecular formula is C102H131N17O7. The topological polar surface area (TPSA) is 221 Å². The van der Waals surface area contributed by atoms with Crippen LogP contribution in [0, 0.1) is 35.5 Å². The first-order valence-electron chi connectivity index (χ1n) is 45.3. The summed E-state index contributed by atoms with van der Waals surface area (Å²) in [6.45, 7) is 8.88. The van der Waals surface area contributed by atoms with Gasteiger partial charge in [-0.2, -0.15) is 10.5 Å². The summed E-state index contributed by atoms with van der Waals surface area (Å²) in [6.07, 6.45) is 24.2. The summed E-state index contributed by atoms with van der Waals surface area (Å²) in [5.41, 5.74) is 9.12. The Hall–Kier alpha value is -10.7. The first-order valence-corrected chi connectivity index (χ1v) is 45.3. The number of rotatable bonds is 23. The summed E-state index contributed by atoms with van der Waals surface area (Å²) in [5, 5.41) is 18.2. The van der Waals surface area contributed by atoms with Gasteiger partial charge in [0.2, 0.25) is 5.95 Å². The Bertz CT molecular complexity index is 5020. The van der Waals surface area contributed by atoms with Gasteiger partial charge in [-0.25, -0.2) is 34.1 Å². The van der Waals surface area contributed by atoms with Gasteiger partial charge in [0, 0.05) is 81.0 Å². The maximum absolute atomic E-state index is 13.7. The normalized spacial score (nSPS) is 26.6. The molecule has 6 heterocycles. The number of hydrogen-bond donors (Lipinski definition) is 0. The maximum atomic E-state index is 13.7. The van der Waals surface area contributed by atoms with Gasteiger partial charge in [0.1, 0.15) is 17.8 Å². The molecule has 4 aliphatic heterocycles. The number of anilines is 4. The van der Waals surface area contributed by atoms with E-state index >= 15 is 0 Å². The summed E-state index contributed by atoms with van der Waals surface area (Å²) in [5.74, 6) is 1.03. The average molecular weight is 1710 g/mol. The van der Waals surface area contributed by atoms with Crippen molar-refractivity contribution in [1.29, 1.82) is 10.5 Å². The van der Waals surface area contributed by atoms with Crippen LogP contribution in [-0.2, 0) is 36.4 Å². The lowest BCUT2D eigenvalue weighted by atomic mass is 9.68. The number of carbonyl (C=O) groups is 4. The van der Waals surface area contributed by atoms with Crippen LogP contribution >= 0.6 is 0 Å². The zero-order chi connectivity index (χ0) is 89.1. The monoisotopic (exact) mass is 1710 g/mol. The zero-order valence-electron chi connectivity index (χ0n) is 76.4. The molecule has 0 atom stereocenters. The molecule has 2 aromatic heterocycles. The molecule has 9 fully saturated rings. The molecule has 4 saturated heterocycles. The number of ether oxygens (including phenoxy) is 3. The number of benzene rings is 6. The van der Waals surface area contributed by atoms with Gasteiger partial charge in [-0.3, -0.25) is 39.2 Å². The van der Waals surface area contributed by atoms with Crippen LogP contribution < -0.4 is 19.6 Å². The molecule has 0 radical (unpaired) electrons. The minimum atomic E-state index is -0.291. The third kappa shape index (κ3) is 17.9. The van der Waals surface area contributed by atoms with E-state index < -0.39 is 0 Å². The summed E-state index contributed by atoms with van der Waals surface area (Å²) >= 11 is 0. The van der Waals surface area contributed by atoms with Crippen LogP contribution in [0.15, 0.2) is 207 Å². The van der Waals surface area contributed by atoms with Gasteiger partial charge in [-0.1, -0.05) is 164 Å². The largest absolute Gasteiger partial charge is 0.383 e. The van der Waals surface area contributed by atoms with Gasteiger partial charge in [-0.05, 0) is 243 Å². The zero-order valence-corrected chi connectivity index (χ0v) is 76.4. The maximum Gasteiger partial charge on any atom is 0.327 e. The fraction of sp³-hybridized carbons (Fsp3) is 0.500. The van der Waals surface area contributed by atoms with E-state index in [2.05, 4.69) is 240 Å². The number of aromatic nitrogens is 3. The summed E-state index contributed by atoms with van der Waals surface area (Å²) in [4.78, 5) is 92.3. The lowest BCUT2D eigenvalue weighted by Crippen LogP contribution is -2.56. The Morgan fingerprint density at radius 2 is 0.667 bits per heavy atom. The first-order chi connectivity index (χ1) is 60.9. The number of aryl methyl sites for hydroxylation is 1. The van der Waals surface area contributed by atoms with Crippen LogP contribution in [0.3, 0.4) is 0 Å². The summed E-state index contributed by atoms with van der Waals surface area (Å²) in [7, 11) is 22.4. The smallest absolute Gasteiger partial charge is 0.327 e. The number of urea groups is 4. The van der Waals surface area contributed by atoms with Crippen molar-refractivity contribution in [3.05, 3.63) is 246 Å². The van der Waals surface area contributed by atoms with Crippen molar-refractivity contribution >= 4 is 47.1 Å². The van der Waals surface area contributed by atoms with Gasteiger partial charge in [0.05, 0.1) is 98.0 Å². The van der Waals surface area contributed by atoms with Gasteiger partial charge < -0.3 is 33.8 Å². The number of hydrogen-bond acceptors (Lipinski definition) is 16. The second-order valence-corrected chi connectivity index (χ2v) is 37.4. The average Bonchev–Trinajstić information content (AvgIpc) is 1.57. The van der Waals surface area contributed by atoms with Crippen molar-refractivity contribution in [3.63, 3.8) is 0 Å². The molecule has 8 amide bonds. The van der Waals surface area contributed by atoms with Gasteiger partial charge in [-0.15, -0.1) is 0 Å². The Morgan fingerprint density at radius 3 is 0.960 bits per heavy atom. The molecule has 24 heteroatoms. The highest BCUT2D eigenvalue weighted by Crippen LogP contribution is 2.55. The van der Waals surface area contributed by atoms with E-state index in [0.29, 0.717) is 75.7 Å². The SMILES string of the molecule is CN(C)C1(c2ccccc2)CCC2(CC1)CN(c1ccccc1)C(=O)N2CC1CCC1.COCCN1C(=O)N(c2ccccc2)CC12CCC(c1ccccc1)(N(C)C)CC2.COCCN1C(=O)N(c2cnc(C#N)cc2C)CC12CCC(c1ccccc1)(N(C)C)CC2.COCCN1C(=O)N(c2ncc(C#N)cn2)CC12CCC(c1ccccc1)(N(C)C)CC2. The highest BCUT2D eigenvalue weighted by atomic mass is 16.5. The minimum Gasteiger partial charge on any atom is -0.383 e. The number of methoxy groups -OCH3 is 3. The molecule has 126 heavy (non-hydrogen) atoms. The number of nitriles is 2. The van der Waals surface area contributed by atoms with E-state index in [4.69, 9.17) is 19.5 Å². The molecule has 0 unspecified atom stereocenters. The predicted molar refractivity (Wildman–Crippen MR) is 496 cm³/mol. The molecule has 4 spiro atoms. The van der Waals surface area contributed by atoms with Crippen LogP contribution in [-0.4, -0.2) is 250 Å². The van der Waals surface area contributed by atoms with Crippen LogP contribution in [0.5, 0.6) is 0 Å². The highest BCUT2D eigenvalue weighted by molar-refractivity contribution is 5.98. The van der Waals surface area contributed by atoms with Crippen molar-refractivity contribution in [2.45, 2.75) is 173 Å². The number of amides is 8. The third-order valence-corrected chi connectivity index (χ3v) is 30.5. The Balaban J connectivity index is 0.000000136. The van der Waals surface area contributed by atoms with Gasteiger partial charge in [0.15, 0.2) is 0 Å². The third-order valence-electron chi connectivity index (χ3n) is 30.5. The fourth-order valence-corrected chi connectivity index (χ4v) is 22.5. The Morgan fingerprint density at radius 1 is 0.373 bits per heavy atom. The van der Waals surface area contributed by atoms with E-state index in [9.17, 15) is 24.4 Å². The van der Waals surface area contributed by atoms with Crippen molar-refractivity contribution in [3.8, 4) is 12.1 Å². The van der Waals surface area contributed by atoms with Crippen molar-refractivity contribution in [2.75, 3.05) is 169 Å². The molecular weight excluding hydrogens is 1580 g/mol. The minimum absolute atomic E-state index is 0.00118. The molecule has 9 aliphatic rings. The van der Waals surface area contributed by atoms with Crippen molar-refractivity contribution in [2.24, 2.45) is 5.92 Å². The van der Waals surface area contributed by atoms with Gasteiger partial charge >= 0.3 is 24.1 Å². The van der Waals surface area contributed by atoms with E-state index in [1.165, 1.54) is 53.9 Å². The standard InChI is InChI=1S/C27H35N3O.C26H33N5O2.C25H33N3O2.C24H30N6O2/c1-28(2)27(23-12-5-3-6-13-23)18-16-26(17-19-27)21-29(24-14-7-4-8-15-24)25(31)30(26)20-22-10-9-11-22;1-20-16-22(17-27)28-18-23(20)30-19-25(31(24(30)32)14-15-33-4)10-12-26(13-11-25,29(2)3)21-8-6-5-7-9-21;1-26(2)25(21-10-6-4-7-11-21)16-14-24(15-17-25)20-27(22-12-8-5-9-13-22)23(29)28(24)18-19-30-3;1-28(2)24(20-7-5-4-6-8-20)11-9-23(10-12-24)18-29(22(31)30(23)13-14-32-3)21-26-16-19(15-25)17-27-21/h3-8,12-15,22H,9-11,16-21H2,1-2H3;5-9,16,18H,10-15,19H2,1-4H3;4-13H,14-20H2,1-3H3;4-8,16-17H,9-14,18H2,1-3H3. The first kappa shape index (κ1) is 91.5. The lowest BCUT2D eigenvalue weighted by Gasteiger charge is -2.51. The molecule has 24 nitrogen and oxygen atoms in total. The molecule has 5 aliphatic carbocycles. The highest BCUT2D eigenvalue weighted by Gasteiger charge is 2.60. The Labute approximate surface area is 747 Å². The van der Waals surface area contributed by atoms with Gasteiger partial charge in [0.25, 0.3) is 0 Å². The number of para-hydroxylation sites is 2. The number of nitrogens with zero attached hydrogens (tertiary/aromatic N) is 17. The van der Waals surface area contributed by atoms with E-state index in [1.54, 1.807) is 38.5 Å². The quantitative estimate of drug-likeness (QED) is 0.0581. The van der Waals surface area contributed by atoms with Crippen LogP contribution in [0.2, 0.25) is 0 Å². The van der Waals surface area contributed by atoms with E-state index in [1.807, 2.05) is 86.0 Å². The molecule has 666 valence electrons. The number of pyridine rings is 1. The van der Waals surface area contributed by atoms with Crippen LogP contribution in [0.4, 0.5) is 42.2 Å². The second kappa shape index (κ2) is 39.3. The molecule has 17 rings (SSSR count). The summed E-state index contributed by atoms with van der Waals surface area (Å²) in [6, 6.07) is 69.6. The van der Waals surface area contributed by atoms with Crippen LogP contribution in [0.1, 0.15) is 161 Å². The van der Waals surface area contributed by atoms with Crippen molar-refractivity contribution < 1.29 is 33.4 Å². The Kier molecular flexibility index (Phi) is 28.5. The number of carbonyl (C=O) groups excluding carboxylic acids is 4. The lowest BCUT2D eigenvalue weighted by molar-refractivity contribution is 0.0172. The second-order valence-electron chi connectivity index (χ2n) is 37.4. The summed E-state index contributed by atoms with van der Waals surface area (Å²) < 4.78 is 16.0. The van der Waals surface area contributed by atoms with Crippen LogP contribution in [0.25, 0.3) is 0 Å². The fourth-order valence-electron chi connectivity index (χ4n) is 22.5. The molecule has 0 bridgehead atoms. The van der Waals surface area contributed by atoms with E-state index in [0.717, 1.165) is 145 Å². The molecule has 8 aromatic rings. The predicted octanol–water partition coefficient (Wildman–Crippen LogP) is 16.8. The molecule has 0 N–H and O–H groups in total.